The number of hydrogen-bond acceptors (Lipinski definition) is 2. The van der Waals surface area contributed by atoms with E-state index in [9.17, 15) is 4.79 Å². The molecule has 2 aromatic heterocycles. The first-order valence-electron chi connectivity index (χ1n) is 5.11. The predicted octanol–water partition coefficient (Wildman–Crippen LogP) is 2.61. The van der Waals surface area contributed by atoms with Gasteiger partial charge in [-0.05, 0) is 18.4 Å². The summed E-state index contributed by atoms with van der Waals surface area (Å²) in [7, 11) is 0. The van der Waals surface area contributed by atoms with Gasteiger partial charge in [-0.3, -0.25) is 9.20 Å². The van der Waals surface area contributed by atoms with Crippen LogP contribution in [-0.2, 0) is 0 Å². The van der Waals surface area contributed by atoms with Crippen molar-refractivity contribution in [3.05, 3.63) is 47.9 Å². The number of nitrogens with zero attached hydrogens (tertiary/aromatic N) is 2. The number of fused-ring (bicyclic) bond motifs is 3. The van der Waals surface area contributed by atoms with Gasteiger partial charge in [-0.15, -0.1) is 0 Å². The lowest BCUT2D eigenvalue weighted by molar-refractivity contribution is 0.111. The molecule has 0 spiro atoms. The molecular formula is C13H10N2O. The topological polar surface area (TPSA) is 34.4 Å². The normalized spacial score (nSPS) is 11.1. The van der Waals surface area contributed by atoms with Crippen LogP contribution >= 0.6 is 0 Å². The minimum atomic E-state index is 0.581. The summed E-state index contributed by atoms with van der Waals surface area (Å²) in [5.74, 6) is 0. The molecule has 0 aliphatic carbocycles. The number of aldehydes is 1. The quantitative estimate of drug-likeness (QED) is 0.578. The maximum absolute atomic E-state index is 10.8. The standard InChI is InChI=1S/C13H10N2O/c1-9-2-3-12-10(6-9)4-5-15-11(8-16)7-14-13(12)15/h2-8H,1H3. The third-order valence-corrected chi connectivity index (χ3v) is 2.80. The lowest BCUT2D eigenvalue weighted by Gasteiger charge is -2.02. The number of rotatable bonds is 1. The second kappa shape index (κ2) is 3.17. The summed E-state index contributed by atoms with van der Waals surface area (Å²) >= 11 is 0. The van der Waals surface area contributed by atoms with Gasteiger partial charge in [0, 0.05) is 11.6 Å². The van der Waals surface area contributed by atoms with Crippen LogP contribution in [0.2, 0.25) is 0 Å². The van der Waals surface area contributed by atoms with Crippen LogP contribution in [0.3, 0.4) is 0 Å². The molecule has 0 radical (unpaired) electrons. The van der Waals surface area contributed by atoms with Gasteiger partial charge in [0.2, 0.25) is 0 Å². The summed E-state index contributed by atoms with van der Waals surface area (Å²) in [6.07, 6.45) is 4.30. The molecule has 0 fully saturated rings. The Morgan fingerprint density at radius 1 is 1.31 bits per heavy atom. The Hall–Kier alpha value is -2.16. The van der Waals surface area contributed by atoms with Crippen LogP contribution in [0.1, 0.15) is 16.1 Å². The smallest absolute Gasteiger partial charge is 0.168 e. The number of aromatic nitrogens is 2. The second-order valence-electron chi connectivity index (χ2n) is 3.90. The van der Waals surface area contributed by atoms with E-state index in [-0.39, 0.29) is 0 Å². The van der Waals surface area contributed by atoms with E-state index in [1.807, 2.05) is 22.7 Å². The van der Waals surface area contributed by atoms with Crippen LogP contribution in [0.25, 0.3) is 16.4 Å². The third-order valence-electron chi connectivity index (χ3n) is 2.80. The fourth-order valence-corrected chi connectivity index (χ4v) is 2.00. The Morgan fingerprint density at radius 3 is 3.00 bits per heavy atom. The van der Waals surface area contributed by atoms with Crippen LogP contribution in [0.5, 0.6) is 0 Å². The second-order valence-corrected chi connectivity index (χ2v) is 3.90. The fourth-order valence-electron chi connectivity index (χ4n) is 2.00. The number of pyridine rings is 1. The minimum absolute atomic E-state index is 0.581. The van der Waals surface area contributed by atoms with Gasteiger partial charge in [0.05, 0.1) is 6.20 Å². The monoisotopic (exact) mass is 210 g/mol. The number of carbonyl (C=O) groups is 1. The summed E-state index contributed by atoms with van der Waals surface area (Å²) in [5.41, 5.74) is 2.64. The van der Waals surface area contributed by atoms with Gasteiger partial charge in [-0.25, -0.2) is 4.98 Å². The van der Waals surface area contributed by atoms with Gasteiger partial charge in [0.25, 0.3) is 0 Å². The molecule has 0 saturated heterocycles. The van der Waals surface area contributed by atoms with Crippen LogP contribution < -0.4 is 0 Å². The van der Waals surface area contributed by atoms with Gasteiger partial charge < -0.3 is 0 Å². The van der Waals surface area contributed by atoms with Gasteiger partial charge in [-0.2, -0.15) is 0 Å². The number of imidazole rings is 1. The Labute approximate surface area is 92.3 Å². The maximum Gasteiger partial charge on any atom is 0.168 e. The maximum atomic E-state index is 10.8. The lowest BCUT2D eigenvalue weighted by atomic mass is 10.1. The molecule has 78 valence electrons. The first-order valence-corrected chi connectivity index (χ1v) is 5.11. The van der Waals surface area contributed by atoms with Crippen molar-refractivity contribution in [3.63, 3.8) is 0 Å². The molecule has 3 heteroatoms. The van der Waals surface area contributed by atoms with Gasteiger partial charge in [-0.1, -0.05) is 23.8 Å². The van der Waals surface area contributed by atoms with E-state index in [1.54, 1.807) is 6.20 Å². The van der Waals surface area contributed by atoms with E-state index in [4.69, 9.17) is 0 Å². The average molecular weight is 210 g/mol. The Bertz CT molecular complexity index is 698. The Morgan fingerprint density at radius 2 is 2.19 bits per heavy atom. The molecule has 0 aliphatic rings. The van der Waals surface area contributed by atoms with Crippen molar-refractivity contribution in [2.45, 2.75) is 6.92 Å². The molecule has 16 heavy (non-hydrogen) atoms. The van der Waals surface area contributed by atoms with Gasteiger partial charge in [0.15, 0.2) is 6.29 Å². The molecule has 3 nitrogen and oxygen atoms in total. The highest BCUT2D eigenvalue weighted by atomic mass is 16.1. The van der Waals surface area contributed by atoms with E-state index in [0.29, 0.717) is 5.69 Å². The molecule has 2 heterocycles. The van der Waals surface area contributed by atoms with Crippen LogP contribution in [-0.4, -0.2) is 15.7 Å². The van der Waals surface area contributed by atoms with Gasteiger partial charge in [0.1, 0.15) is 11.3 Å². The first kappa shape index (κ1) is 9.09. The molecule has 0 aliphatic heterocycles. The fraction of sp³-hybridized carbons (Fsp3) is 0.0769. The predicted molar refractivity (Wildman–Crippen MR) is 62.8 cm³/mol. The van der Waals surface area contributed by atoms with Crippen LogP contribution in [0.4, 0.5) is 0 Å². The molecule has 0 N–H and O–H groups in total. The molecular weight excluding hydrogens is 200 g/mol. The van der Waals surface area contributed by atoms with Crippen LogP contribution in [0.15, 0.2) is 36.7 Å². The van der Waals surface area contributed by atoms with Crippen molar-refractivity contribution in [2.75, 3.05) is 0 Å². The zero-order valence-corrected chi connectivity index (χ0v) is 8.84. The van der Waals surface area contributed by atoms with Crippen molar-refractivity contribution < 1.29 is 4.79 Å². The average Bonchev–Trinajstić information content (AvgIpc) is 2.71. The van der Waals surface area contributed by atoms with Crippen molar-refractivity contribution in [1.29, 1.82) is 0 Å². The number of benzene rings is 1. The van der Waals surface area contributed by atoms with E-state index in [0.717, 1.165) is 22.7 Å². The highest BCUT2D eigenvalue weighted by Gasteiger charge is 2.05. The van der Waals surface area contributed by atoms with E-state index in [2.05, 4.69) is 24.0 Å². The molecule has 0 atom stereocenters. The summed E-state index contributed by atoms with van der Waals surface area (Å²) in [6, 6.07) is 8.22. The first-order chi connectivity index (χ1) is 7.79. The number of hydrogen-bond donors (Lipinski definition) is 0. The summed E-state index contributed by atoms with van der Waals surface area (Å²) in [4.78, 5) is 15.1. The van der Waals surface area contributed by atoms with E-state index >= 15 is 0 Å². The molecule has 0 unspecified atom stereocenters. The van der Waals surface area contributed by atoms with Gasteiger partial charge >= 0.3 is 0 Å². The minimum Gasteiger partial charge on any atom is -0.297 e. The van der Waals surface area contributed by atoms with E-state index in [1.165, 1.54) is 5.56 Å². The number of carbonyl (C=O) groups excluding carboxylic acids is 1. The van der Waals surface area contributed by atoms with Crippen molar-refractivity contribution in [3.8, 4) is 0 Å². The molecule has 0 bridgehead atoms. The summed E-state index contributed by atoms with van der Waals surface area (Å²) in [5, 5.41) is 2.22. The molecule has 1 aromatic carbocycles. The van der Waals surface area contributed by atoms with Crippen molar-refractivity contribution in [2.24, 2.45) is 0 Å². The molecule has 3 rings (SSSR count). The SMILES string of the molecule is Cc1ccc2c(ccn3c(C=O)cnc23)c1. The summed E-state index contributed by atoms with van der Waals surface area (Å²) < 4.78 is 1.81. The summed E-state index contributed by atoms with van der Waals surface area (Å²) in [6.45, 7) is 2.06. The third kappa shape index (κ3) is 1.15. The highest BCUT2D eigenvalue weighted by Crippen LogP contribution is 2.20. The highest BCUT2D eigenvalue weighted by molar-refractivity contribution is 5.95. The Balaban J connectivity index is 2.50. The van der Waals surface area contributed by atoms with Crippen molar-refractivity contribution >= 4 is 22.7 Å². The van der Waals surface area contributed by atoms with E-state index < -0.39 is 0 Å². The zero-order chi connectivity index (χ0) is 11.1. The number of aryl methyl sites for hydroxylation is 1. The largest absolute Gasteiger partial charge is 0.297 e. The molecule has 0 saturated carbocycles. The molecule has 0 amide bonds. The molecule has 3 aromatic rings. The lowest BCUT2D eigenvalue weighted by Crippen LogP contribution is -1.90. The Kier molecular flexibility index (Phi) is 1.80. The van der Waals surface area contributed by atoms with Crippen LogP contribution in [0, 0.1) is 6.92 Å². The zero-order valence-electron chi connectivity index (χ0n) is 8.84. The van der Waals surface area contributed by atoms with Crippen molar-refractivity contribution in [1.82, 2.24) is 9.38 Å².